The molecular weight excluding hydrogens is 362 g/mol. The molecule has 0 bridgehead atoms. The summed E-state index contributed by atoms with van der Waals surface area (Å²) in [6, 6.07) is 17.9. The van der Waals surface area contributed by atoms with Crippen molar-refractivity contribution in [2.75, 3.05) is 6.61 Å². The average molecular weight is 387 g/mol. The number of nitrogens with two attached hydrogens (primary N) is 1. The van der Waals surface area contributed by atoms with Gasteiger partial charge in [-0.25, -0.2) is 0 Å². The van der Waals surface area contributed by atoms with Crippen LogP contribution in [0.5, 0.6) is 5.75 Å². The Bertz CT molecular complexity index is 1090. The normalized spacial score (nSPS) is 12.0. The number of benzene rings is 2. The van der Waals surface area contributed by atoms with Gasteiger partial charge in [-0.2, -0.15) is 5.26 Å². The molecule has 0 aliphatic rings. The molecule has 1 aromatic heterocycles. The van der Waals surface area contributed by atoms with E-state index in [2.05, 4.69) is 37.5 Å². The second kappa shape index (κ2) is 8.24. The fourth-order valence-corrected chi connectivity index (χ4v) is 3.20. The standard InChI is InChI=1S/C24H25N3O2/c1-24(2,3)19-8-10-20(11-9-19)29-13-12-27-16-18(14-17(15-25)23(26)28)21-6-4-5-7-22(21)27/h4-11,14,16H,12-13H2,1-3H3,(H2,26,28)/b17-14+. The molecule has 29 heavy (non-hydrogen) atoms. The number of rotatable bonds is 6. The Hall–Kier alpha value is -3.52. The van der Waals surface area contributed by atoms with Crippen molar-refractivity contribution in [1.82, 2.24) is 4.57 Å². The molecule has 0 saturated carbocycles. The lowest BCUT2D eigenvalue weighted by Crippen LogP contribution is -2.12. The number of para-hydroxylation sites is 1. The number of carbonyl (C=O) groups is 1. The molecule has 0 fully saturated rings. The minimum absolute atomic E-state index is 0.0666. The predicted octanol–water partition coefficient (Wildman–Crippen LogP) is 4.41. The van der Waals surface area contributed by atoms with Crippen LogP contribution >= 0.6 is 0 Å². The van der Waals surface area contributed by atoms with Crippen LogP contribution in [0.25, 0.3) is 17.0 Å². The van der Waals surface area contributed by atoms with Gasteiger partial charge in [0.1, 0.15) is 24.0 Å². The van der Waals surface area contributed by atoms with E-state index in [9.17, 15) is 4.79 Å². The summed E-state index contributed by atoms with van der Waals surface area (Å²) in [6.45, 7) is 7.68. The van der Waals surface area contributed by atoms with Crippen LogP contribution in [0.15, 0.2) is 60.3 Å². The van der Waals surface area contributed by atoms with E-state index in [-0.39, 0.29) is 11.0 Å². The van der Waals surface area contributed by atoms with Crippen LogP contribution in [-0.2, 0) is 16.8 Å². The molecule has 0 aliphatic heterocycles. The second-order valence-electron chi connectivity index (χ2n) is 7.95. The molecule has 5 heteroatoms. The molecule has 0 radical (unpaired) electrons. The summed E-state index contributed by atoms with van der Waals surface area (Å²) in [5.41, 5.74) is 8.37. The number of primary amides is 1. The topological polar surface area (TPSA) is 81.0 Å². The van der Waals surface area contributed by atoms with Gasteiger partial charge in [-0.15, -0.1) is 0 Å². The lowest BCUT2D eigenvalue weighted by atomic mass is 9.87. The van der Waals surface area contributed by atoms with Gasteiger partial charge in [0, 0.05) is 22.7 Å². The van der Waals surface area contributed by atoms with Gasteiger partial charge in [0.2, 0.25) is 0 Å². The largest absolute Gasteiger partial charge is 0.492 e. The van der Waals surface area contributed by atoms with E-state index in [0.717, 1.165) is 22.2 Å². The first kappa shape index (κ1) is 20.2. The molecule has 2 aromatic carbocycles. The Morgan fingerprint density at radius 2 is 1.86 bits per heavy atom. The summed E-state index contributed by atoms with van der Waals surface area (Å²) in [7, 11) is 0. The minimum atomic E-state index is -0.730. The molecular formula is C24H25N3O2. The van der Waals surface area contributed by atoms with E-state index in [1.807, 2.05) is 48.7 Å². The molecule has 0 atom stereocenters. The zero-order chi connectivity index (χ0) is 21.0. The van der Waals surface area contributed by atoms with Crippen LogP contribution in [0.4, 0.5) is 0 Å². The Balaban J connectivity index is 1.77. The number of fused-ring (bicyclic) bond motifs is 1. The van der Waals surface area contributed by atoms with Crippen molar-refractivity contribution in [2.24, 2.45) is 5.73 Å². The van der Waals surface area contributed by atoms with E-state index in [1.54, 1.807) is 0 Å². The first-order valence-corrected chi connectivity index (χ1v) is 9.52. The highest BCUT2D eigenvalue weighted by atomic mass is 16.5. The smallest absolute Gasteiger partial charge is 0.259 e. The number of aromatic nitrogens is 1. The first-order chi connectivity index (χ1) is 13.8. The fraction of sp³-hybridized carbons (Fsp3) is 0.250. The van der Waals surface area contributed by atoms with Gasteiger partial charge in [0.25, 0.3) is 5.91 Å². The van der Waals surface area contributed by atoms with Crippen molar-refractivity contribution >= 4 is 22.9 Å². The zero-order valence-corrected chi connectivity index (χ0v) is 17.0. The van der Waals surface area contributed by atoms with E-state index in [0.29, 0.717) is 13.2 Å². The summed E-state index contributed by atoms with van der Waals surface area (Å²) in [5, 5.41) is 10.1. The Kier molecular flexibility index (Phi) is 5.74. The van der Waals surface area contributed by atoms with Gasteiger partial charge in [0.15, 0.2) is 0 Å². The van der Waals surface area contributed by atoms with Crippen LogP contribution in [0.2, 0.25) is 0 Å². The van der Waals surface area contributed by atoms with Gasteiger partial charge < -0.3 is 15.0 Å². The maximum atomic E-state index is 11.4. The van der Waals surface area contributed by atoms with Gasteiger partial charge >= 0.3 is 0 Å². The summed E-state index contributed by atoms with van der Waals surface area (Å²) in [5.74, 6) is 0.0986. The van der Waals surface area contributed by atoms with Crippen LogP contribution in [-0.4, -0.2) is 17.1 Å². The van der Waals surface area contributed by atoms with Crippen LogP contribution in [0, 0.1) is 11.3 Å². The lowest BCUT2D eigenvalue weighted by Gasteiger charge is -2.19. The van der Waals surface area contributed by atoms with Crippen LogP contribution < -0.4 is 10.5 Å². The predicted molar refractivity (Wildman–Crippen MR) is 115 cm³/mol. The molecule has 1 amide bonds. The lowest BCUT2D eigenvalue weighted by molar-refractivity contribution is -0.114. The average Bonchev–Trinajstić information content (AvgIpc) is 3.03. The molecule has 2 N–H and O–H groups in total. The zero-order valence-electron chi connectivity index (χ0n) is 17.0. The third kappa shape index (κ3) is 4.67. The molecule has 3 aromatic rings. The SMILES string of the molecule is CC(C)(C)c1ccc(OCCn2cc(/C=C(\C#N)C(N)=O)c3ccccc32)cc1. The maximum absolute atomic E-state index is 11.4. The third-order valence-corrected chi connectivity index (χ3v) is 4.83. The number of amides is 1. The van der Waals surface area contributed by atoms with Crippen molar-refractivity contribution in [3.8, 4) is 11.8 Å². The molecule has 0 unspecified atom stereocenters. The van der Waals surface area contributed by atoms with Crippen molar-refractivity contribution in [1.29, 1.82) is 5.26 Å². The number of ether oxygens (including phenoxy) is 1. The number of nitrogens with zero attached hydrogens (tertiary/aromatic N) is 2. The van der Waals surface area contributed by atoms with E-state index in [4.69, 9.17) is 15.7 Å². The fourth-order valence-electron chi connectivity index (χ4n) is 3.20. The number of carbonyl (C=O) groups excluding carboxylic acids is 1. The quantitative estimate of drug-likeness (QED) is 0.502. The Morgan fingerprint density at radius 1 is 1.17 bits per heavy atom. The minimum Gasteiger partial charge on any atom is -0.492 e. The van der Waals surface area contributed by atoms with Crippen molar-refractivity contribution in [2.45, 2.75) is 32.7 Å². The highest BCUT2D eigenvalue weighted by Gasteiger charge is 2.13. The van der Waals surface area contributed by atoms with Crippen LogP contribution in [0.1, 0.15) is 31.9 Å². The molecule has 3 rings (SSSR count). The van der Waals surface area contributed by atoms with Crippen molar-refractivity contribution in [3.05, 3.63) is 71.4 Å². The summed E-state index contributed by atoms with van der Waals surface area (Å²) in [6.07, 6.45) is 3.45. The van der Waals surface area contributed by atoms with E-state index >= 15 is 0 Å². The highest BCUT2D eigenvalue weighted by molar-refractivity contribution is 6.03. The van der Waals surface area contributed by atoms with Crippen LogP contribution in [0.3, 0.4) is 0 Å². The number of nitriles is 1. The molecule has 0 aliphatic carbocycles. The van der Waals surface area contributed by atoms with Gasteiger partial charge in [-0.1, -0.05) is 51.1 Å². The number of hydrogen-bond acceptors (Lipinski definition) is 3. The highest BCUT2D eigenvalue weighted by Crippen LogP contribution is 2.25. The maximum Gasteiger partial charge on any atom is 0.259 e. The second-order valence-corrected chi connectivity index (χ2v) is 7.95. The molecule has 148 valence electrons. The van der Waals surface area contributed by atoms with Gasteiger partial charge in [0.05, 0.1) is 6.54 Å². The Morgan fingerprint density at radius 3 is 2.48 bits per heavy atom. The summed E-state index contributed by atoms with van der Waals surface area (Å²) in [4.78, 5) is 11.4. The first-order valence-electron chi connectivity index (χ1n) is 9.52. The van der Waals surface area contributed by atoms with E-state index in [1.165, 1.54) is 11.6 Å². The molecule has 0 saturated heterocycles. The Labute approximate surface area is 171 Å². The summed E-state index contributed by atoms with van der Waals surface area (Å²) >= 11 is 0. The van der Waals surface area contributed by atoms with Gasteiger partial charge in [-0.05, 0) is 35.3 Å². The van der Waals surface area contributed by atoms with E-state index < -0.39 is 5.91 Å². The molecule has 1 heterocycles. The molecule has 0 spiro atoms. The van der Waals surface area contributed by atoms with Crippen molar-refractivity contribution < 1.29 is 9.53 Å². The molecule has 5 nitrogen and oxygen atoms in total. The van der Waals surface area contributed by atoms with Crippen molar-refractivity contribution in [3.63, 3.8) is 0 Å². The van der Waals surface area contributed by atoms with Gasteiger partial charge in [-0.3, -0.25) is 4.79 Å². The summed E-state index contributed by atoms with van der Waals surface area (Å²) < 4.78 is 7.97. The third-order valence-electron chi connectivity index (χ3n) is 4.83. The monoisotopic (exact) mass is 387 g/mol. The number of hydrogen-bond donors (Lipinski definition) is 1.